The number of ether oxygens (including phenoxy) is 1. The zero-order chi connectivity index (χ0) is 14.5. The largest absolute Gasteiger partial charge is 0.492 e. The van der Waals surface area contributed by atoms with Gasteiger partial charge in [-0.05, 0) is 31.5 Å². The lowest BCUT2D eigenvalue weighted by molar-refractivity contribution is 0.329. The maximum atomic E-state index is 12.6. The number of hydrogen-bond acceptors (Lipinski definition) is 4. The summed E-state index contributed by atoms with van der Waals surface area (Å²) in [7, 11) is -3.56. The number of benzene rings is 1. The van der Waals surface area contributed by atoms with E-state index in [4.69, 9.17) is 10.5 Å². The summed E-state index contributed by atoms with van der Waals surface area (Å²) in [6, 6.07) is 4.70. The second kappa shape index (κ2) is 6.77. The summed E-state index contributed by atoms with van der Waals surface area (Å²) in [5, 5.41) is 0. The minimum atomic E-state index is -3.56. The van der Waals surface area contributed by atoms with Crippen molar-refractivity contribution in [1.82, 2.24) is 4.31 Å². The molecule has 0 fully saturated rings. The normalized spacial score (nSPS) is 11.8. The van der Waals surface area contributed by atoms with Crippen LogP contribution in [0.25, 0.3) is 0 Å². The molecule has 1 aromatic rings. The average molecular weight is 286 g/mol. The number of nitrogen functional groups attached to an aromatic ring is 1. The fourth-order valence-corrected chi connectivity index (χ4v) is 3.54. The van der Waals surface area contributed by atoms with Crippen molar-refractivity contribution >= 4 is 15.7 Å². The maximum Gasteiger partial charge on any atom is 0.246 e. The molecule has 2 N–H and O–H groups in total. The Morgan fingerprint density at radius 1 is 1.26 bits per heavy atom. The molecule has 0 saturated carbocycles. The summed E-state index contributed by atoms with van der Waals surface area (Å²) < 4.78 is 32.0. The quantitative estimate of drug-likeness (QED) is 0.779. The summed E-state index contributed by atoms with van der Waals surface area (Å²) in [5.41, 5.74) is 6.11. The van der Waals surface area contributed by atoms with Gasteiger partial charge in [0.1, 0.15) is 10.6 Å². The van der Waals surface area contributed by atoms with Crippen LogP contribution in [0.4, 0.5) is 5.69 Å². The SMILES string of the molecule is CCCN(CC)S(=O)(=O)c1cc(N)ccc1OCC. The molecule has 1 aromatic carbocycles. The molecule has 19 heavy (non-hydrogen) atoms. The molecule has 0 spiro atoms. The van der Waals surface area contributed by atoms with E-state index < -0.39 is 10.0 Å². The van der Waals surface area contributed by atoms with Crippen molar-refractivity contribution in [2.45, 2.75) is 32.1 Å². The summed E-state index contributed by atoms with van der Waals surface area (Å²) in [6.07, 6.45) is 0.763. The van der Waals surface area contributed by atoms with Gasteiger partial charge >= 0.3 is 0 Å². The Balaban J connectivity index is 3.29. The molecule has 0 saturated heterocycles. The Bertz CT molecular complexity index is 515. The van der Waals surface area contributed by atoms with Crippen LogP contribution in [0.1, 0.15) is 27.2 Å². The van der Waals surface area contributed by atoms with Gasteiger partial charge in [-0.3, -0.25) is 0 Å². The van der Waals surface area contributed by atoms with Crippen LogP contribution in [0.15, 0.2) is 23.1 Å². The minimum Gasteiger partial charge on any atom is -0.492 e. The van der Waals surface area contributed by atoms with Gasteiger partial charge in [0.15, 0.2) is 0 Å². The summed E-state index contributed by atoms with van der Waals surface area (Å²) in [6.45, 7) is 6.90. The highest BCUT2D eigenvalue weighted by molar-refractivity contribution is 7.89. The highest BCUT2D eigenvalue weighted by Crippen LogP contribution is 2.29. The third-order valence-corrected chi connectivity index (χ3v) is 4.71. The maximum absolute atomic E-state index is 12.6. The van der Waals surface area contributed by atoms with Crippen LogP contribution in [-0.2, 0) is 10.0 Å². The average Bonchev–Trinajstić information content (AvgIpc) is 2.38. The van der Waals surface area contributed by atoms with E-state index in [0.29, 0.717) is 31.1 Å². The van der Waals surface area contributed by atoms with Crippen molar-refractivity contribution in [1.29, 1.82) is 0 Å². The van der Waals surface area contributed by atoms with Crippen LogP contribution in [0.2, 0.25) is 0 Å². The van der Waals surface area contributed by atoms with Crippen molar-refractivity contribution in [2.75, 3.05) is 25.4 Å². The second-order valence-electron chi connectivity index (χ2n) is 4.14. The first-order valence-electron chi connectivity index (χ1n) is 6.49. The Morgan fingerprint density at radius 2 is 1.95 bits per heavy atom. The van der Waals surface area contributed by atoms with Crippen molar-refractivity contribution in [3.05, 3.63) is 18.2 Å². The van der Waals surface area contributed by atoms with Gasteiger partial charge < -0.3 is 10.5 Å². The molecule has 0 unspecified atom stereocenters. The third-order valence-electron chi connectivity index (χ3n) is 2.71. The predicted octanol–water partition coefficient (Wildman–Crippen LogP) is 2.09. The molecule has 0 bridgehead atoms. The molecular formula is C13H22N2O3S. The smallest absolute Gasteiger partial charge is 0.246 e. The van der Waals surface area contributed by atoms with E-state index in [1.807, 2.05) is 20.8 Å². The molecule has 6 heteroatoms. The monoisotopic (exact) mass is 286 g/mol. The zero-order valence-corrected chi connectivity index (χ0v) is 12.5. The molecule has 0 amide bonds. The fraction of sp³-hybridized carbons (Fsp3) is 0.538. The van der Waals surface area contributed by atoms with Gasteiger partial charge in [-0.25, -0.2) is 8.42 Å². The molecule has 108 valence electrons. The molecule has 0 aliphatic carbocycles. The van der Waals surface area contributed by atoms with Gasteiger partial charge in [0, 0.05) is 18.8 Å². The van der Waals surface area contributed by atoms with Crippen molar-refractivity contribution in [2.24, 2.45) is 0 Å². The molecule has 1 rings (SSSR count). The highest BCUT2D eigenvalue weighted by Gasteiger charge is 2.26. The van der Waals surface area contributed by atoms with E-state index in [2.05, 4.69) is 0 Å². The summed E-state index contributed by atoms with van der Waals surface area (Å²) >= 11 is 0. The van der Waals surface area contributed by atoms with E-state index in [-0.39, 0.29) is 4.90 Å². The van der Waals surface area contributed by atoms with Crippen molar-refractivity contribution in [3.8, 4) is 5.75 Å². The number of nitrogens with two attached hydrogens (primary N) is 1. The summed E-state index contributed by atoms with van der Waals surface area (Å²) in [4.78, 5) is 0.143. The van der Waals surface area contributed by atoms with E-state index in [0.717, 1.165) is 6.42 Å². The highest BCUT2D eigenvalue weighted by atomic mass is 32.2. The molecule has 0 aliphatic heterocycles. The van der Waals surface area contributed by atoms with E-state index >= 15 is 0 Å². The van der Waals surface area contributed by atoms with Gasteiger partial charge in [0.05, 0.1) is 6.61 Å². The Kier molecular flexibility index (Phi) is 5.62. The molecule has 0 aliphatic rings. The molecule has 0 radical (unpaired) electrons. The number of rotatable bonds is 7. The molecule has 0 heterocycles. The standard InChI is InChI=1S/C13H22N2O3S/c1-4-9-15(5-2)19(16,17)13-10-11(14)7-8-12(13)18-6-3/h7-8,10H,4-6,9,14H2,1-3H3. The Morgan fingerprint density at radius 3 is 2.47 bits per heavy atom. The molecule has 5 nitrogen and oxygen atoms in total. The molecule has 0 aromatic heterocycles. The van der Waals surface area contributed by atoms with E-state index in [1.165, 1.54) is 10.4 Å². The van der Waals surface area contributed by atoms with Crippen LogP contribution in [0.5, 0.6) is 5.75 Å². The van der Waals surface area contributed by atoms with Crippen LogP contribution in [0.3, 0.4) is 0 Å². The third kappa shape index (κ3) is 3.61. The second-order valence-corrected chi connectivity index (χ2v) is 6.04. The minimum absolute atomic E-state index is 0.143. The number of nitrogens with zero attached hydrogens (tertiary/aromatic N) is 1. The first kappa shape index (κ1) is 15.8. The van der Waals surface area contributed by atoms with E-state index in [9.17, 15) is 8.42 Å². The summed E-state index contributed by atoms with van der Waals surface area (Å²) in [5.74, 6) is 0.353. The van der Waals surface area contributed by atoms with Crippen LogP contribution >= 0.6 is 0 Å². The Hall–Kier alpha value is -1.27. The van der Waals surface area contributed by atoms with Crippen LogP contribution < -0.4 is 10.5 Å². The lowest BCUT2D eigenvalue weighted by Crippen LogP contribution is -2.32. The van der Waals surface area contributed by atoms with Gasteiger partial charge in [-0.15, -0.1) is 0 Å². The number of hydrogen-bond donors (Lipinski definition) is 1. The van der Waals surface area contributed by atoms with Crippen LogP contribution in [-0.4, -0.2) is 32.4 Å². The first-order chi connectivity index (χ1) is 8.97. The van der Waals surface area contributed by atoms with Gasteiger partial charge in [-0.2, -0.15) is 4.31 Å². The Labute approximate surface area is 115 Å². The van der Waals surface area contributed by atoms with Gasteiger partial charge in [-0.1, -0.05) is 13.8 Å². The number of sulfonamides is 1. The van der Waals surface area contributed by atoms with Gasteiger partial charge in [0.2, 0.25) is 10.0 Å². The molecule has 0 atom stereocenters. The number of anilines is 1. The predicted molar refractivity (Wildman–Crippen MR) is 76.7 cm³/mol. The topological polar surface area (TPSA) is 72.6 Å². The van der Waals surface area contributed by atoms with E-state index in [1.54, 1.807) is 12.1 Å². The van der Waals surface area contributed by atoms with Crippen molar-refractivity contribution in [3.63, 3.8) is 0 Å². The first-order valence-corrected chi connectivity index (χ1v) is 7.93. The zero-order valence-electron chi connectivity index (χ0n) is 11.7. The lowest BCUT2D eigenvalue weighted by atomic mass is 10.3. The fourth-order valence-electron chi connectivity index (χ4n) is 1.84. The van der Waals surface area contributed by atoms with Gasteiger partial charge in [0.25, 0.3) is 0 Å². The lowest BCUT2D eigenvalue weighted by Gasteiger charge is -2.21. The molecular weight excluding hydrogens is 264 g/mol. The van der Waals surface area contributed by atoms with Crippen molar-refractivity contribution < 1.29 is 13.2 Å². The van der Waals surface area contributed by atoms with Crippen LogP contribution in [0, 0.1) is 0 Å².